The van der Waals surface area contributed by atoms with E-state index in [1.54, 1.807) is 0 Å². The normalized spacial score (nSPS) is 37.4. The van der Waals surface area contributed by atoms with Crippen molar-refractivity contribution in [3.05, 3.63) is 30.1 Å². The zero-order valence-electron chi connectivity index (χ0n) is 19.4. The predicted octanol–water partition coefficient (Wildman–Crippen LogP) is 5.70. The van der Waals surface area contributed by atoms with Gasteiger partial charge in [-0.25, -0.2) is 4.39 Å². The summed E-state index contributed by atoms with van der Waals surface area (Å²) in [5.74, 6) is 1.72. The number of hydrogen-bond acceptors (Lipinski definition) is 5. The molecule has 7 heteroatoms. The first-order chi connectivity index (χ1) is 16.3. The van der Waals surface area contributed by atoms with Gasteiger partial charge in [-0.2, -0.15) is 10.2 Å². The number of benzene rings is 1. The van der Waals surface area contributed by atoms with E-state index in [0.29, 0.717) is 37.6 Å². The lowest BCUT2D eigenvalue weighted by Crippen LogP contribution is -2.71. The van der Waals surface area contributed by atoms with Gasteiger partial charge >= 0.3 is 0 Å². The summed E-state index contributed by atoms with van der Waals surface area (Å²) in [6.07, 6.45) is 8.93. The van der Waals surface area contributed by atoms with Crippen LogP contribution < -0.4 is 4.90 Å². The van der Waals surface area contributed by atoms with E-state index in [9.17, 15) is 14.4 Å². The van der Waals surface area contributed by atoms with Crippen molar-refractivity contribution >= 4 is 11.6 Å². The number of fused-ring (bicyclic) bond motifs is 3. The minimum atomic E-state index is -1.12. The van der Waals surface area contributed by atoms with E-state index >= 15 is 0 Å². The summed E-state index contributed by atoms with van der Waals surface area (Å²) in [5, 5.41) is 13.8. The molecule has 4 bridgehead atoms. The van der Waals surface area contributed by atoms with Gasteiger partial charge in [-0.3, -0.25) is 4.79 Å². The van der Waals surface area contributed by atoms with Crippen molar-refractivity contribution in [3.8, 4) is 17.5 Å². The third-order valence-electron chi connectivity index (χ3n) is 9.59. The molecule has 0 atom stereocenters. The molecule has 6 nitrogen and oxygen atoms in total. The van der Waals surface area contributed by atoms with E-state index in [2.05, 4.69) is 16.2 Å². The average Bonchev–Trinajstić information content (AvgIpc) is 3.57. The molecule has 0 saturated heterocycles. The summed E-state index contributed by atoms with van der Waals surface area (Å²) in [4.78, 5) is 20.4. The summed E-state index contributed by atoms with van der Waals surface area (Å²) in [5.41, 5.74) is -0.157. The Morgan fingerprint density at radius 1 is 1.15 bits per heavy atom. The van der Waals surface area contributed by atoms with Gasteiger partial charge in [-0.15, -0.1) is 0 Å². The van der Waals surface area contributed by atoms with Crippen molar-refractivity contribution in [2.24, 2.45) is 16.2 Å². The van der Waals surface area contributed by atoms with Gasteiger partial charge in [0, 0.05) is 23.7 Å². The lowest BCUT2D eigenvalue weighted by atomic mass is 9.41. The Hall–Kier alpha value is -2.75. The van der Waals surface area contributed by atoms with E-state index < -0.39 is 11.1 Å². The second kappa shape index (κ2) is 6.68. The van der Waals surface area contributed by atoms with E-state index in [1.807, 2.05) is 29.2 Å². The van der Waals surface area contributed by atoms with Gasteiger partial charge < -0.3 is 9.42 Å². The van der Waals surface area contributed by atoms with Gasteiger partial charge in [0.25, 0.3) is 5.89 Å². The third kappa shape index (κ3) is 3.00. The zero-order valence-corrected chi connectivity index (χ0v) is 19.4. The van der Waals surface area contributed by atoms with Crippen molar-refractivity contribution in [1.82, 2.24) is 10.1 Å². The van der Waals surface area contributed by atoms with Crippen molar-refractivity contribution in [1.29, 1.82) is 5.26 Å². The largest absolute Gasteiger partial charge is 0.334 e. The number of carbonyl (C=O) groups is 1. The number of carbonyl (C=O) groups excluding carboxylic acids is 1. The molecule has 1 heterocycles. The number of aromatic nitrogens is 2. The molecule has 7 aliphatic rings. The molecular formula is C27H29FN4O2. The first kappa shape index (κ1) is 20.6. The van der Waals surface area contributed by atoms with Crippen LogP contribution in [0.3, 0.4) is 0 Å². The lowest BCUT2D eigenvalue weighted by molar-refractivity contribution is -0.211. The van der Waals surface area contributed by atoms with E-state index in [0.717, 1.165) is 68.4 Å². The minimum absolute atomic E-state index is 0.0326. The monoisotopic (exact) mass is 460 g/mol. The molecular weight excluding hydrogens is 431 g/mol. The lowest BCUT2D eigenvalue weighted by Gasteiger charge is -2.65. The summed E-state index contributed by atoms with van der Waals surface area (Å²) in [6, 6.07) is 10.4. The smallest absolute Gasteiger partial charge is 0.258 e. The van der Waals surface area contributed by atoms with Crippen LogP contribution in [0.4, 0.5) is 10.1 Å². The van der Waals surface area contributed by atoms with Crippen molar-refractivity contribution in [3.63, 3.8) is 0 Å². The third-order valence-corrected chi connectivity index (χ3v) is 9.59. The fraction of sp³-hybridized carbons (Fsp3) is 0.630. The highest BCUT2D eigenvalue weighted by molar-refractivity contribution is 6.00. The van der Waals surface area contributed by atoms with Gasteiger partial charge in [-0.05, 0) is 94.2 Å². The number of amides is 1. The standard InChI is InChI=1S/C27H29FN4O2/c28-27-13-26(14-27,15-27)23(33)32(17-25-9-6-24(16-29,7-10-25)8-11-25)20-3-1-2-19(12-20)22-30-21(31-34-22)18-4-5-18/h1-3,12,18H,4-11,13-15,17H2. The van der Waals surface area contributed by atoms with Crippen LogP contribution in [0.2, 0.25) is 0 Å². The van der Waals surface area contributed by atoms with Crippen LogP contribution in [-0.4, -0.2) is 28.3 Å². The van der Waals surface area contributed by atoms with Crippen molar-refractivity contribution in [2.45, 2.75) is 82.2 Å². The number of nitrogens with zero attached hydrogens (tertiary/aromatic N) is 4. The number of nitriles is 1. The van der Waals surface area contributed by atoms with Gasteiger partial charge in [0.15, 0.2) is 5.82 Å². The van der Waals surface area contributed by atoms with E-state index in [4.69, 9.17) is 4.52 Å². The quantitative estimate of drug-likeness (QED) is 0.552. The molecule has 0 N–H and O–H groups in total. The second-order valence-corrected chi connectivity index (χ2v) is 12.0. The molecule has 176 valence electrons. The first-order valence-electron chi connectivity index (χ1n) is 12.7. The molecule has 1 aromatic carbocycles. The molecule has 0 unspecified atom stereocenters. The highest BCUT2D eigenvalue weighted by Gasteiger charge is 2.73. The Morgan fingerprint density at radius 3 is 2.47 bits per heavy atom. The molecule has 9 rings (SSSR count). The Kier molecular flexibility index (Phi) is 4.05. The van der Waals surface area contributed by atoms with Crippen LogP contribution >= 0.6 is 0 Å². The van der Waals surface area contributed by atoms with Gasteiger partial charge in [0.1, 0.15) is 5.67 Å². The highest BCUT2D eigenvalue weighted by atomic mass is 19.1. The van der Waals surface area contributed by atoms with E-state index in [1.165, 1.54) is 0 Å². The number of rotatable bonds is 6. The SMILES string of the molecule is N#CC12CCC(CN(C(=O)C34CC(F)(C3)C4)c3cccc(-c4nc(C5CC5)no4)c3)(CC1)CC2. The summed E-state index contributed by atoms with van der Waals surface area (Å²) in [7, 11) is 0. The maximum atomic E-state index is 14.4. The highest BCUT2D eigenvalue weighted by Crippen LogP contribution is 2.70. The summed E-state index contributed by atoms with van der Waals surface area (Å²) >= 11 is 0. The molecule has 0 radical (unpaired) electrons. The van der Waals surface area contributed by atoms with Crippen molar-refractivity contribution < 1.29 is 13.7 Å². The van der Waals surface area contributed by atoms with Crippen LogP contribution in [0.1, 0.15) is 82.4 Å². The molecule has 1 amide bonds. The molecule has 2 aromatic rings. The number of halogens is 1. The predicted molar refractivity (Wildman–Crippen MR) is 122 cm³/mol. The number of hydrogen-bond donors (Lipinski definition) is 0. The minimum Gasteiger partial charge on any atom is -0.334 e. The maximum Gasteiger partial charge on any atom is 0.258 e. The fourth-order valence-electron chi connectivity index (χ4n) is 7.13. The first-order valence-corrected chi connectivity index (χ1v) is 12.7. The summed E-state index contributed by atoms with van der Waals surface area (Å²) < 4.78 is 19.9. The second-order valence-electron chi connectivity index (χ2n) is 12.0. The van der Waals surface area contributed by atoms with Gasteiger partial charge in [0.05, 0.1) is 16.9 Å². The van der Waals surface area contributed by atoms with Crippen LogP contribution in [0.5, 0.6) is 0 Å². The molecule has 34 heavy (non-hydrogen) atoms. The van der Waals surface area contributed by atoms with Gasteiger partial charge in [-0.1, -0.05) is 11.2 Å². The zero-order chi connectivity index (χ0) is 23.2. The molecule has 7 aliphatic carbocycles. The Balaban J connectivity index is 1.21. The fourth-order valence-corrected chi connectivity index (χ4v) is 7.13. The number of alkyl halides is 1. The van der Waals surface area contributed by atoms with Crippen LogP contribution in [-0.2, 0) is 4.79 Å². The van der Waals surface area contributed by atoms with Gasteiger partial charge in [0.2, 0.25) is 5.91 Å². The number of anilines is 1. The maximum absolute atomic E-state index is 14.4. The molecule has 7 fully saturated rings. The van der Waals surface area contributed by atoms with Crippen LogP contribution in [0, 0.1) is 27.6 Å². The average molecular weight is 461 g/mol. The molecule has 1 aromatic heterocycles. The topological polar surface area (TPSA) is 83.0 Å². The van der Waals surface area contributed by atoms with E-state index in [-0.39, 0.29) is 16.7 Å². The van der Waals surface area contributed by atoms with Crippen molar-refractivity contribution in [2.75, 3.05) is 11.4 Å². The van der Waals surface area contributed by atoms with Crippen LogP contribution in [0.15, 0.2) is 28.8 Å². The summed E-state index contributed by atoms with van der Waals surface area (Å²) in [6.45, 7) is 0.634. The Labute approximate surface area is 198 Å². The molecule has 0 spiro atoms. The van der Waals surface area contributed by atoms with Crippen LogP contribution in [0.25, 0.3) is 11.5 Å². The molecule has 7 saturated carbocycles. The Morgan fingerprint density at radius 2 is 1.85 bits per heavy atom. The molecule has 0 aliphatic heterocycles. The Bertz CT molecular complexity index is 1180.